The molecule has 0 aliphatic carbocycles. The average molecular weight is 299 g/mol. The van der Waals surface area contributed by atoms with Gasteiger partial charge in [-0.05, 0) is 29.8 Å². The molecule has 0 N–H and O–H groups in total. The Balaban J connectivity index is 2.06. The van der Waals surface area contributed by atoms with E-state index in [0.717, 1.165) is 12.3 Å². The fourth-order valence-corrected chi connectivity index (χ4v) is 3.48. The van der Waals surface area contributed by atoms with Crippen LogP contribution in [0, 0.1) is 0 Å². The van der Waals surface area contributed by atoms with Crippen LogP contribution in [0.1, 0.15) is 5.56 Å². The van der Waals surface area contributed by atoms with Crippen LogP contribution in [-0.4, -0.2) is 22.2 Å². The molecule has 0 atom stereocenters. The number of methoxy groups -OCH3 is 1. The second-order valence-electron chi connectivity index (χ2n) is 6.50. The minimum Gasteiger partial charge on any atom is -0.497 e. The highest BCUT2D eigenvalue weighted by molar-refractivity contribution is 6.88. The first-order valence-electron chi connectivity index (χ1n) is 7.35. The SMILES string of the molecule is COc1ccc(N(C)Cc2ccc([Si](C)(C)C)cc2)cc1. The summed E-state index contributed by atoms with van der Waals surface area (Å²) in [4.78, 5) is 2.25. The summed E-state index contributed by atoms with van der Waals surface area (Å²) in [6.45, 7) is 8.06. The van der Waals surface area contributed by atoms with Gasteiger partial charge < -0.3 is 9.64 Å². The van der Waals surface area contributed by atoms with Gasteiger partial charge in [0.2, 0.25) is 0 Å². The third-order valence-electron chi connectivity index (χ3n) is 3.75. The largest absolute Gasteiger partial charge is 0.497 e. The molecule has 0 aromatic heterocycles. The quantitative estimate of drug-likeness (QED) is 0.777. The lowest BCUT2D eigenvalue weighted by atomic mass is 10.2. The van der Waals surface area contributed by atoms with E-state index in [0.29, 0.717) is 0 Å². The topological polar surface area (TPSA) is 12.5 Å². The molecule has 0 fully saturated rings. The van der Waals surface area contributed by atoms with Crippen molar-refractivity contribution >= 4 is 18.9 Å². The van der Waals surface area contributed by atoms with Gasteiger partial charge in [0.25, 0.3) is 0 Å². The molecule has 2 rings (SSSR count). The number of hydrogen-bond donors (Lipinski definition) is 0. The van der Waals surface area contributed by atoms with Crippen molar-refractivity contribution in [1.29, 1.82) is 0 Å². The molecule has 0 saturated heterocycles. The Labute approximate surface area is 129 Å². The lowest BCUT2D eigenvalue weighted by Gasteiger charge is -2.21. The van der Waals surface area contributed by atoms with Crippen molar-refractivity contribution in [1.82, 2.24) is 0 Å². The van der Waals surface area contributed by atoms with Gasteiger partial charge in [0.05, 0.1) is 15.2 Å². The van der Waals surface area contributed by atoms with Gasteiger partial charge in [-0.15, -0.1) is 0 Å². The first-order chi connectivity index (χ1) is 9.90. The van der Waals surface area contributed by atoms with Crippen molar-refractivity contribution in [3.8, 4) is 5.75 Å². The summed E-state index contributed by atoms with van der Waals surface area (Å²) in [5, 5.41) is 1.51. The fraction of sp³-hybridized carbons (Fsp3) is 0.333. The van der Waals surface area contributed by atoms with E-state index >= 15 is 0 Å². The summed E-state index contributed by atoms with van der Waals surface area (Å²) < 4.78 is 5.20. The number of anilines is 1. The van der Waals surface area contributed by atoms with Crippen LogP contribution in [0.25, 0.3) is 0 Å². The first kappa shape index (κ1) is 15.6. The second kappa shape index (κ2) is 6.35. The van der Waals surface area contributed by atoms with Crippen LogP contribution in [0.3, 0.4) is 0 Å². The van der Waals surface area contributed by atoms with Gasteiger partial charge in [0.15, 0.2) is 0 Å². The van der Waals surface area contributed by atoms with E-state index in [1.807, 2.05) is 12.1 Å². The van der Waals surface area contributed by atoms with Gasteiger partial charge in [-0.3, -0.25) is 0 Å². The highest BCUT2D eigenvalue weighted by Gasteiger charge is 2.15. The zero-order valence-corrected chi connectivity index (χ0v) is 14.7. The van der Waals surface area contributed by atoms with E-state index in [4.69, 9.17) is 4.74 Å². The minimum absolute atomic E-state index is 0.895. The van der Waals surface area contributed by atoms with Gasteiger partial charge in [-0.2, -0.15) is 0 Å². The summed E-state index contributed by atoms with van der Waals surface area (Å²) >= 11 is 0. The average Bonchev–Trinajstić information content (AvgIpc) is 2.47. The Morgan fingerprint density at radius 1 is 0.905 bits per heavy atom. The Kier molecular flexibility index (Phi) is 4.73. The van der Waals surface area contributed by atoms with E-state index in [9.17, 15) is 0 Å². The predicted octanol–water partition coefficient (Wildman–Crippen LogP) is 3.88. The number of ether oxygens (including phenoxy) is 1. The van der Waals surface area contributed by atoms with Crippen molar-refractivity contribution < 1.29 is 4.74 Å². The molecule has 0 aliphatic rings. The Bertz CT molecular complexity index is 570. The van der Waals surface area contributed by atoms with Crippen LogP contribution < -0.4 is 14.8 Å². The number of hydrogen-bond acceptors (Lipinski definition) is 2. The van der Waals surface area contributed by atoms with Gasteiger partial charge in [-0.1, -0.05) is 49.1 Å². The smallest absolute Gasteiger partial charge is 0.119 e. The van der Waals surface area contributed by atoms with Crippen molar-refractivity contribution in [2.45, 2.75) is 26.2 Å². The molecule has 0 bridgehead atoms. The van der Waals surface area contributed by atoms with E-state index in [1.54, 1.807) is 7.11 Å². The molecule has 0 heterocycles. The zero-order chi connectivity index (χ0) is 15.5. The normalized spacial score (nSPS) is 11.3. The van der Waals surface area contributed by atoms with Gasteiger partial charge >= 0.3 is 0 Å². The maximum atomic E-state index is 5.20. The van der Waals surface area contributed by atoms with E-state index in [-0.39, 0.29) is 0 Å². The number of benzene rings is 2. The molecule has 2 aromatic rings. The van der Waals surface area contributed by atoms with Crippen molar-refractivity contribution in [2.75, 3.05) is 19.1 Å². The van der Waals surface area contributed by atoms with Crippen molar-refractivity contribution in [2.24, 2.45) is 0 Å². The van der Waals surface area contributed by atoms with Gasteiger partial charge in [-0.25, -0.2) is 0 Å². The van der Waals surface area contributed by atoms with Gasteiger partial charge in [0, 0.05) is 19.3 Å². The van der Waals surface area contributed by atoms with Crippen molar-refractivity contribution in [3.05, 3.63) is 54.1 Å². The maximum Gasteiger partial charge on any atom is 0.119 e. The molecule has 0 amide bonds. The molecule has 0 unspecified atom stereocenters. The van der Waals surface area contributed by atoms with Crippen LogP contribution in [0.2, 0.25) is 19.6 Å². The monoisotopic (exact) mass is 299 g/mol. The molecule has 21 heavy (non-hydrogen) atoms. The zero-order valence-electron chi connectivity index (χ0n) is 13.7. The molecular formula is C18H25NOSi. The summed E-state index contributed by atoms with van der Waals surface area (Å²) in [5.41, 5.74) is 2.54. The van der Waals surface area contributed by atoms with E-state index in [1.165, 1.54) is 16.4 Å². The molecule has 3 heteroatoms. The van der Waals surface area contributed by atoms with Crippen LogP contribution in [0.5, 0.6) is 5.75 Å². The van der Waals surface area contributed by atoms with E-state index in [2.05, 4.69) is 68.0 Å². The van der Waals surface area contributed by atoms with E-state index < -0.39 is 8.07 Å². The minimum atomic E-state index is -1.20. The summed E-state index contributed by atoms with van der Waals surface area (Å²) in [5.74, 6) is 0.895. The number of nitrogens with zero attached hydrogens (tertiary/aromatic N) is 1. The highest BCUT2D eigenvalue weighted by Crippen LogP contribution is 2.19. The summed E-state index contributed by atoms with van der Waals surface area (Å²) in [7, 11) is 2.61. The standard InChI is InChI=1S/C18H25NOSi/c1-19(16-8-10-17(20-2)11-9-16)14-15-6-12-18(13-7-15)21(3,4)5/h6-13H,14H2,1-5H3. The molecule has 112 valence electrons. The molecule has 2 aromatic carbocycles. The van der Waals surface area contributed by atoms with Crippen LogP contribution >= 0.6 is 0 Å². The molecule has 2 nitrogen and oxygen atoms in total. The second-order valence-corrected chi connectivity index (χ2v) is 11.6. The first-order valence-corrected chi connectivity index (χ1v) is 10.8. The molecule has 0 radical (unpaired) electrons. The van der Waals surface area contributed by atoms with Crippen LogP contribution in [0.15, 0.2) is 48.5 Å². The molecule has 0 saturated carbocycles. The van der Waals surface area contributed by atoms with Gasteiger partial charge in [0.1, 0.15) is 5.75 Å². The molecule has 0 spiro atoms. The third kappa shape index (κ3) is 4.11. The maximum absolute atomic E-state index is 5.20. The van der Waals surface area contributed by atoms with Crippen LogP contribution in [0.4, 0.5) is 5.69 Å². The highest BCUT2D eigenvalue weighted by atomic mass is 28.3. The van der Waals surface area contributed by atoms with Crippen LogP contribution in [-0.2, 0) is 6.54 Å². The Morgan fingerprint density at radius 3 is 1.95 bits per heavy atom. The Morgan fingerprint density at radius 2 is 1.48 bits per heavy atom. The predicted molar refractivity (Wildman–Crippen MR) is 94.5 cm³/mol. The summed E-state index contributed by atoms with van der Waals surface area (Å²) in [6, 6.07) is 17.3. The number of rotatable bonds is 5. The molecular weight excluding hydrogens is 274 g/mol. The van der Waals surface area contributed by atoms with Crippen molar-refractivity contribution in [3.63, 3.8) is 0 Å². The third-order valence-corrected chi connectivity index (χ3v) is 5.82. The fourth-order valence-electron chi connectivity index (χ4n) is 2.31. The Hall–Kier alpha value is -1.74. The lowest BCUT2D eigenvalue weighted by molar-refractivity contribution is 0.415. The lowest BCUT2D eigenvalue weighted by Crippen LogP contribution is -2.37. The summed E-state index contributed by atoms with van der Waals surface area (Å²) in [6.07, 6.45) is 0. The molecule has 0 aliphatic heterocycles.